The van der Waals surface area contributed by atoms with Gasteiger partial charge in [-0.1, -0.05) is 312 Å². The predicted octanol–water partition coefficient (Wildman–Crippen LogP) is 40.4. The lowest BCUT2D eigenvalue weighted by Gasteiger charge is -2.47. The van der Waals surface area contributed by atoms with Crippen LogP contribution >= 0.6 is 0 Å². The van der Waals surface area contributed by atoms with Crippen LogP contribution in [0.2, 0.25) is 0 Å². The van der Waals surface area contributed by atoms with E-state index in [0.717, 1.165) is 94.3 Å². The molecule has 133 heavy (non-hydrogen) atoms. The second kappa shape index (κ2) is 69.7. The summed E-state index contributed by atoms with van der Waals surface area (Å²) in [6.07, 6.45) is 46.3. The largest absolute Gasteiger partial charge is 0.459 e. The number of ether oxygens (including phenoxy) is 6. The van der Waals surface area contributed by atoms with E-state index < -0.39 is 0 Å². The Kier molecular flexibility index (Phi) is 82.7. The number of fused-ring (bicyclic) bond motifs is 9. The number of carbonyl (C=O) groups excluding carboxylic acids is 6. The Balaban J connectivity index is -0.000000114. The van der Waals surface area contributed by atoms with Crippen LogP contribution in [0, 0.1) is 102 Å². The molecule has 12 nitrogen and oxygen atoms in total. The van der Waals surface area contributed by atoms with E-state index in [4.69, 9.17) is 28.4 Å². The van der Waals surface area contributed by atoms with E-state index in [0.29, 0.717) is 35.5 Å². The van der Waals surface area contributed by atoms with E-state index in [-0.39, 0.29) is 202 Å². The molecule has 11 aliphatic carbocycles. The van der Waals surface area contributed by atoms with Gasteiger partial charge >= 0.3 is 35.8 Å². The fourth-order valence-corrected chi connectivity index (χ4v) is 21.2. The zero-order valence-electron chi connectivity index (χ0n) is 88.2. The maximum absolute atomic E-state index is 12.8. The van der Waals surface area contributed by atoms with Gasteiger partial charge in [-0.2, -0.15) is 0 Å². The van der Waals surface area contributed by atoms with E-state index in [1.165, 1.54) is 180 Å². The minimum atomic E-state index is -0.370. The van der Waals surface area contributed by atoms with Crippen molar-refractivity contribution in [1.82, 2.24) is 0 Å². The van der Waals surface area contributed by atoms with Crippen LogP contribution in [0.25, 0.3) is 0 Å². The highest BCUT2D eigenvalue weighted by Crippen LogP contribution is 2.71. The molecular weight excluding hydrogens is 1650 g/mol. The molecule has 0 amide bonds. The van der Waals surface area contributed by atoms with Crippen molar-refractivity contribution in [2.75, 3.05) is 0 Å². The first-order valence-electron chi connectivity index (χ1n) is 51.7. The molecule has 0 saturated heterocycles. The molecule has 11 atom stereocenters. The number of esters is 6. The molecule has 0 aromatic carbocycles. The Morgan fingerprint density at radius 2 is 0.602 bits per heavy atom. The molecule has 812 valence electrons. The molecule has 11 aliphatic rings. The van der Waals surface area contributed by atoms with Crippen molar-refractivity contribution >= 4 is 35.8 Å². The first-order chi connectivity index (χ1) is 56.3. The average molecular weight is 1900 g/mol. The lowest BCUT2D eigenvalue weighted by Crippen LogP contribution is -2.49. The Hall–Kier alpha value is -3.18. The Labute approximate surface area is 840 Å². The van der Waals surface area contributed by atoms with Crippen molar-refractivity contribution < 1.29 is 57.2 Å². The molecule has 0 radical (unpaired) electrons. The molecular formula is C121H256O12. The number of hydrogen-bond donors (Lipinski definition) is 0. The lowest BCUT2D eigenvalue weighted by molar-refractivity contribution is -0.187. The summed E-state index contributed by atoms with van der Waals surface area (Å²) in [5, 5.41) is 0. The van der Waals surface area contributed by atoms with Crippen LogP contribution in [0.1, 0.15) is 616 Å². The van der Waals surface area contributed by atoms with Crippen LogP contribution in [0.15, 0.2) is 0 Å². The van der Waals surface area contributed by atoms with Crippen LogP contribution in [0.4, 0.5) is 0 Å². The third-order valence-electron chi connectivity index (χ3n) is 33.3. The summed E-state index contributed by atoms with van der Waals surface area (Å²) in [5.74, 6) is 7.01. The van der Waals surface area contributed by atoms with Crippen molar-refractivity contribution in [3.63, 3.8) is 0 Å². The third-order valence-corrected chi connectivity index (χ3v) is 33.3. The maximum atomic E-state index is 12.8. The van der Waals surface area contributed by atoms with E-state index in [9.17, 15) is 28.8 Å². The number of rotatable bonds is 21. The van der Waals surface area contributed by atoms with Gasteiger partial charge in [-0.05, 0) is 364 Å². The van der Waals surface area contributed by atoms with Crippen molar-refractivity contribution in [3.8, 4) is 0 Å². The summed E-state index contributed by atoms with van der Waals surface area (Å²) in [6, 6.07) is 0. The van der Waals surface area contributed by atoms with E-state index >= 15 is 0 Å². The van der Waals surface area contributed by atoms with Gasteiger partial charge < -0.3 is 28.4 Å². The highest BCUT2D eigenvalue weighted by molar-refractivity contribution is 5.79. The standard InChI is InChI=1S/C20H36O2.C17H28O2.C17H30O2.C15H28O2.C14H24O2.C14H26O2.6C2H6.12CH4/c1-5-19(2,3)18(21)22-20(4,16-12-8-6-9-13-16)17-14-10-7-11-15-17;1-5-16(2,3)15(18)19-17(4)10-11-9-14(17)13-8-6-7-12(11)13;1-8-14(2,3)13(18)19-17(7)11-12-9-10-16(17,6)15(12,4)5;1-6-14(2,3)13(16)17-15(4,5)12-10-8-7-9-11-12;1-5-13(2,3)12(15)16-14(4)9-10-6-7-11(14)8-10;1-5-13(2,3)12(15)16-14(4)10-8-6-7-9-11-14;6*1-2;;;;;;;;;;;;/h16-17H,5-15H2,1-4H3;11-14H,5-10H2,1-4H3;12H,8-11H2,1-7H3;12H,6-11H2,1-5H3;10-11H,5-9H2,1-4H3;5-11H2,1-4H3;6*1-2H3;12*1H4. The summed E-state index contributed by atoms with van der Waals surface area (Å²) >= 11 is 0. The summed E-state index contributed by atoms with van der Waals surface area (Å²) < 4.78 is 35.9. The van der Waals surface area contributed by atoms with Gasteiger partial charge in [0.05, 0.1) is 32.5 Å². The minimum Gasteiger partial charge on any atom is -0.459 e. The van der Waals surface area contributed by atoms with Crippen molar-refractivity contribution in [3.05, 3.63) is 0 Å². The monoisotopic (exact) mass is 1900 g/mol. The van der Waals surface area contributed by atoms with Crippen LogP contribution in [-0.4, -0.2) is 69.4 Å². The van der Waals surface area contributed by atoms with Gasteiger partial charge in [0.1, 0.15) is 33.6 Å². The van der Waals surface area contributed by atoms with Crippen molar-refractivity contribution in [2.24, 2.45) is 102 Å². The molecule has 11 fully saturated rings. The van der Waals surface area contributed by atoms with Gasteiger partial charge in [-0.15, -0.1) is 0 Å². The predicted molar refractivity (Wildman–Crippen MR) is 595 cm³/mol. The molecule has 0 N–H and O–H groups in total. The third kappa shape index (κ3) is 42.1. The van der Waals surface area contributed by atoms with Crippen LogP contribution in [0.5, 0.6) is 0 Å². The smallest absolute Gasteiger partial charge is 0.312 e. The maximum Gasteiger partial charge on any atom is 0.312 e. The molecule has 0 spiro atoms. The Morgan fingerprint density at radius 1 is 0.286 bits per heavy atom. The van der Waals surface area contributed by atoms with E-state index in [1.54, 1.807) is 0 Å². The zero-order valence-corrected chi connectivity index (χ0v) is 88.2. The molecule has 11 unspecified atom stereocenters. The summed E-state index contributed by atoms with van der Waals surface area (Å²) in [6.45, 7) is 82.2. The van der Waals surface area contributed by atoms with E-state index in [1.807, 2.05) is 187 Å². The fraction of sp³-hybridized carbons (Fsp3) is 0.950. The zero-order chi connectivity index (χ0) is 94.1. The Bertz CT molecular complexity index is 2920. The van der Waals surface area contributed by atoms with Gasteiger partial charge in [0, 0.05) is 11.3 Å². The second-order valence-corrected chi connectivity index (χ2v) is 43.9. The molecule has 0 aliphatic heterocycles. The van der Waals surface area contributed by atoms with Crippen LogP contribution < -0.4 is 0 Å². The number of carbonyl (C=O) groups is 6. The first kappa shape index (κ1) is 158. The topological polar surface area (TPSA) is 158 Å². The summed E-state index contributed by atoms with van der Waals surface area (Å²) in [7, 11) is 0. The van der Waals surface area contributed by atoms with Crippen molar-refractivity contribution in [1.29, 1.82) is 0 Å². The first-order valence-corrected chi connectivity index (χ1v) is 51.7. The minimum absolute atomic E-state index is 0. The molecule has 11 rings (SSSR count). The Morgan fingerprint density at radius 3 is 0.925 bits per heavy atom. The number of hydrogen-bond acceptors (Lipinski definition) is 12. The summed E-state index contributed by atoms with van der Waals surface area (Å²) in [5.41, 5.74) is -3.05. The van der Waals surface area contributed by atoms with Gasteiger partial charge in [0.15, 0.2) is 0 Å². The quantitative estimate of drug-likeness (QED) is 0.0609. The van der Waals surface area contributed by atoms with Crippen LogP contribution in [0.3, 0.4) is 0 Å². The molecule has 0 aromatic heterocycles. The van der Waals surface area contributed by atoms with Crippen molar-refractivity contribution in [2.45, 2.75) is 650 Å². The van der Waals surface area contributed by atoms with E-state index in [2.05, 4.69) is 90.0 Å². The van der Waals surface area contributed by atoms with Gasteiger partial charge in [-0.25, -0.2) is 0 Å². The highest BCUT2D eigenvalue weighted by atomic mass is 16.6. The normalized spacial score (nSPS) is 25.7. The fourth-order valence-electron chi connectivity index (χ4n) is 21.2. The molecule has 0 aromatic rings. The SMILES string of the molecule is C.C.C.C.C.C.C.C.C.C.C.C.CC.CC.CC.CC.CC.CC.CCC(C)(C)C(=O)OC(C)(C)C1CCCCC1.CCC(C)(C)C(=O)OC(C)(C1CCCCC1)C1CCCCC1.CCC(C)(C)C(=O)OC1(C)CC2CC1C1CCCC21.CCC(C)(C)C(=O)OC1(C)CC2CCC1(C)C2(C)C.CCC(C)(C)C(=O)OC1(C)CC2CCC1C2.CCC(C)(C)C(=O)OC1(C)CCCCCC1. The van der Waals surface area contributed by atoms with Gasteiger partial charge in [-0.3, -0.25) is 28.8 Å². The second-order valence-electron chi connectivity index (χ2n) is 43.9. The molecule has 12 heteroatoms. The molecule has 6 bridgehead atoms. The average Bonchev–Trinajstić information content (AvgIpc) is 1.53. The van der Waals surface area contributed by atoms with Crippen LogP contribution in [-0.2, 0) is 57.2 Å². The summed E-state index contributed by atoms with van der Waals surface area (Å²) in [4.78, 5) is 73.9. The molecule has 0 heterocycles. The van der Waals surface area contributed by atoms with Gasteiger partial charge in [0.2, 0.25) is 0 Å². The molecule has 11 saturated carbocycles. The lowest BCUT2D eigenvalue weighted by atomic mass is 9.65. The highest BCUT2D eigenvalue weighted by Gasteiger charge is 2.69. The van der Waals surface area contributed by atoms with Gasteiger partial charge in [0.25, 0.3) is 0 Å².